The molecule has 0 radical (unpaired) electrons. The Labute approximate surface area is 136 Å². The first-order chi connectivity index (χ1) is 9.40. The van der Waals surface area contributed by atoms with Gasteiger partial charge in [0.15, 0.2) is 0 Å². The second kappa shape index (κ2) is 6.91. The zero-order valence-electron chi connectivity index (χ0n) is 11.1. The molecule has 0 bridgehead atoms. The number of halogens is 1. The van der Waals surface area contributed by atoms with Gasteiger partial charge in [0, 0.05) is 39.2 Å². The topological polar surface area (TPSA) is 72.2 Å². The molecule has 1 aliphatic rings. The quantitative estimate of drug-likeness (QED) is 0.764. The number of nitrogens with two attached hydrogens (primary N) is 1. The molecule has 1 heterocycles. The normalized spacial score (nSPS) is 20.0. The van der Waals surface area contributed by atoms with Crippen molar-refractivity contribution in [2.45, 2.75) is 17.1 Å². The molecule has 0 saturated carbocycles. The fraction of sp³-hybridized carbons (Fsp3) is 0.500. The molecule has 1 atom stereocenters. The van der Waals surface area contributed by atoms with Crippen LogP contribution in [0.5, 0.6) is 0 Å². The molecule has 1 saturated heterocycles. The maximum atomic E-state index is 12.4. The second-order valence-electron chi connectivity index (χ2n) is 4.56. The van der Waals surface area contributed by atoms with Crippen LogP contribution in [0.15, 0.2) is 21.5 Å². The van der Waals surface area contributed by atoms with Gasteiger partial charge in [0.1, 0.15) is 0 Å². The number of anilines is 1. The van der Waals surface area contributed by atoms with Crippen molar-refractivity contribution in [3.8, 4) is 0 Å². The fourth-order valence-electron chi connectivity index (χ4n) is 1.89. The maximum absolute atomic E-state index is 12.4. The SMILES string of the molecule is Cc1cc(Br)c(N)cc1S(=O)(=O)NCC1CSCCS1. The van der Waals surface area contributed by atoms with Crippen molar-refractivity contribution in [3.05, 3.63) is 22.2 Å². The largest absolute Gasteiger partial charge is 0.398 e. The van der Waals surface area contributed by atoms with Gasteiger partial charge in [0.2, 0.25) is 10.0 Å². The Morgan fingerprint density at radius 1 is 1.45 bits per heavy atom. The molecule has 20 heavy (non-hydrogen) atoms. The van der Waals surface area contributed by atoms with Crippen molar-refractivity contribution in [1.82, 2.24) is 4.72 Å². The highest BCUT2D eigenvalue weighted by Crippen LogP contribution is 2.27. The van der Waals surface area contributed by atoms with Gasteiger partial charge in [-0.05, 0) is 40.5 Å². The fourth-order valence-corrected chi connectivity index (χ4v) is 6.41. The molecular formula is C12H17BrN2O2S3. The molecule has 0 spiro atoms. The van der Waals surface area contributed by atoms with Gasteiger partial charge in [0.05, 0.1) is 4.90 Å². The minimum atomic E-state index is -3.50. The average Bonchev–Trinajstić information content (AvgIpc) is 2.42. The summed E-state index contributed by atoms with van der Waals surface area (Å²) in [7, 11) is -3.50. The lowest BCUT2D eigenvalue weighted by Gasteiger charge is -2.21. The van der Waals surface area contributed by atoms with Crippen molar-refractivity contribution < 1.29 is 8.42 Å². The summed E-state index contributed by atoms with van der Waals surface area (Å²) < 4.78 is 28.1. The standard InChI is InChI=1S/C12H17BrN2O2S3/c1-8-4-10(13)11(14)5-12(8)20(16,17)15-6-9-7-18-2-3-19-9/h4-5,9,15H,2-3,6-7,14H2,1H3. The first-order valence-electron chi connectivity index (χ1n) is 6.15. The van der Waals surface area contributed by atoms with E-state index in [9.17, 15) is 8.42 Å². The highest BCUT2D eigenvalue weighted by Gasteiger charge is 2.21. The molecule has 1 aromatic rings. The highest BCUT2D eigenvalue weighted by molar-refractivity contribution is 9.10. The number of hydrogen-bond acceptors (Lipinski definition) is 5. The van der Waals surface area contributed by atoms with Crippen LogP contribution in [0.1, 0.15) is 5.56 Å². The first-order valence-corrected chi connectivity index (χ1v) is 10.6. The van der Waals surface area contributed by atoms with Gasteiger partial charge in [-0.3, -0.25) is 0 Å². The third-order valence-electron chi connectivity index (χ3n) is 2.97. The number of sulfonamides is 1. The molecule has 4 nitrogen and oxygen atoms in total. The van der Waals surface area contributed by atoms with Crippen LogP contribution in [-0.2, 0) is 10.0 Å². The predicted molar refractivity (Wildman–Crippen MR) is 92.1 cm³/mol. The molecule has 1 unspecified atom stereocenters. The van der Waals surface area contributed by atoms with Crippen molar-refractivity contribution in [2.75, 3.05) is 29.5 Å². The van der Waals surface area contributed by atoms with E-state index in [0.29, 0.717) is 27.5 Å². The summed E-state index contributed by atoms with van der Waals surface area (Å²) in [5.74, 6) is 3.23. The van der Waals surface area contributed by atoms with Crippen molar-refractivity contribution in [3.63, 3.8) is 0 Å². The zero-order chi connectivity index (χ0) is 14.8. The summed E-state index contributed by atoms with van der Waals surface area (Å²) in [6, 6.07) is 3.24. The van der Waals surface area contributed by atoms with Crippen molar-refractivity contribution >= 4 is 55.2 Å². The monoisotopic (exact) mass is 396 g/mol. The minimum absolute atomic E-state index is 0.256. The molecule has 2 rings (SSSR count). The van der Waals surface area contributed by atoms with E-state index in [-0.39, 0.29) is 4.90 Å². The highest BCUT2D eigenvalue weighted by atomic mass is 79.9. The van der Waals surface area contributed by atoms with Crippen molar-refractivity contribution in [2.24, 2.45) is 0 Å². The molecule has 0 aromatic heterocycles. The van der Waals surface area contributed by atoms with Crippen molar-refractivity contribution in [1.29, 1.82) is 0 Å². The number of rotatable bonds is 4. The molecule has 1 aliphatic heterocycles. The number of nitrogen functional groups attached to an aromatic ring is 1. The van der Waals surface area contributed by atoms with E-state index in [0.717, 1.165) is 17.3 Å². The van der Waals surface area contributed by atoms with Gasteiger partial charge >= 0.3 is 0 Å². The van der Waals surface area contributed by atoms with Crippen LogP contribution in [-0.4, -0.2) is 37.5 Å². The van der Waals surface area contributed by atoms with E-state index in [2.05, 4.69) is 20.7 Å². The van der Waals surface area contributed by atoms with Gasteiger partial charge in [-0.1, -0.05) is 0 Å². The molecular weight excluding hydrogens is 380 g/mol. The Kier molecular flexibility index (Phi) is 5.70. The van der Waals surface area contributed by atoms with Crippen LogP contribution in [0.4, 0.5) is 5.69 Å². The second-order valence-corrected chi connectivity index (χ2v) is 9.71. The number of aryl methyl sites for hydroxylation is 1. The lowest BCUT2D eigenvalue weighted by Crippen LogP contribution is -2.33. The van der Waals surface area contributed by atoms with Gasteiger partial charge in [0.25, 0.3) is 0 Å². The number of nitrogens with one attached hydrogen (secondary N) is 1. The van der Waals surface area contributed by atoms with Crippen LogP contribution in [0.2, 0.25) is 0 Å². The molecule has 1 fully saturated rings. The van der Waals surface area contributed by atoms with Gasteiger partial charge in [-0.25, -0.2) is 13.1 Å². The van der Waals surface area contributed by atoms with Crippen LogP contribution in [0.3, 0.4) is 0 Å². The zero-order valence-corrected chi connectivity index (χ0v) is 15.1. The lowest BCUT2D eigenvalue weighted by molar-refractivity contribution is 0.581. The number of benzene rings is 1. The summed E-state index contributed by atoms with van der Waals surface area (Å²) in [4.78, 5) is 0.256. The van der Waals surface area contributed by atoms with Crippen LogP contribution in [0.25, 0.3) is 0 Å². The summed E-state index contributed by atoms with van der Waals surface area (Å²) in [5.41, 5.74) is 6.89. The smallest absolute Gasteiger partial charge is 0.240 e. The third kappa shape index (κ3) is 4.07. The lowest BCUT2D eigenvalue weighted by atomic mass is 10.2. The third-order valence-corrected chi connectivity index (χ3v) is 8.07. The van der Waals surface area contributed by atoms with E-state index in [1.807, 2.05) is 23.5 Å². The number of hydrogen-bond donors (Lipinski definition) is 2. The van der Waals surface area contributed by atoms with Crippen LogP contribution in [0, 0.1) is 6.92 Å². The summed E-state index contributed by atoms with van der Waals surface area (Å²) in [5, 5.41) is 0.344. The first kappa shape index (κ1) is 16.5. The molecule has 8 heteroatoms. The van der Waals surface area contributed by atoms with E-state index < -0.39 is 10.0 Å². The molecule has 3 N–H and O–H groups in total. The Hall–Kier alpha value is 0.110. The summed E-state index contributed by atoms with van der Waals surface area (Å²) in [6.07, 6.45) is 0. The summed E-state index contributed by atoms with van der Waals surface area (Å²) in [6.45, 7) is 2.24. The minimum Gasteiger partial charge on any atom is -0.398 e. The Morgan fingerprint density at radius 3 is 2.85 bits per heavy atom. The van der Waals surface area contributed by atoms with E-state index in [1.54, 1.807) is 13.0 Å². The van der Waals surface area contributed by atoms with Gasteiger partial charge in [-0.2, -0.15) is 23.5 Å². The Morgan fingerprint density at radius 2 is 2.20 bits per heavy atom. The van der Waals surface area contributed by atoms with E-state index in [4.69, 9.17) is 5.73 Å². The van der Waals surface area contributed by atoms with Crippen LogP contribution < -0.4 is 10.5 Å². The predicted octanol–water partition coefficient (Wildman–Crippen LogP) is 2.47. The Bertz CT molecular complexity index is 587. The molecule has 0 aliphatic carbocycles. The number of thioether (sulfide) groups is 2. The van der Waals surface area contributed by atoms with E-state index in [1.165, 1.54) is 6.07 Å². The molecule has 112 valence electrons. The summed E-state index contributed by atoms with van der Waals surface area (Å²) >= 11 is 7.01. The molecule has 1 aromatic carbocycles. The molecule has 0 amide bonds. The van der Waals surface area contributed by atoms with Gasteiger partial charge in [-0.15, -0.1) is 0 Å². The maximum Gasteiger partial charge on any atom is 0.240 e. The van der Waals surface area contributed by atoms with Crippen LogP contribution >= 0.6 is 39.5 Å². The average molecular weight is 397 g/mol. The van der Waals surface area contributed by atoms with Gasteiger partial charge < -0.3 is 5.73 Å². The Balaban J connectivity index is 2.11. The van der Waals surface area contributed by atoms with E-state index >= 15 is 0 Å².